The molecular weight excluding hydrogens is 385 g/mol. The van der Waals surface area contributed by atoms with Crippen LogP contribution in [0.25, 0.3) is 0 Å². The van der Waals surface area contributed by atoms with Gasteiger partial charge in [-0.05, 0) is 50.7 Å². The Hall–Kier alpha value is -2.08. The van der Waals surface area contributed by atoms with Crippen molar-refractivity contribution >= 4 is 46.4 Å². The number of para-hydroxylation sites is 2. The van der Waals surface area contributed by atoms with Crippen LogP contribution < -0.4 is 10.2 Å². The van der Waals surface area contributed by atoms with Crippen LogP contribution in [-0.4, -0.2) is 35.8 Å². The molecule has 7 heteroatoms. The van der Waals surface area contributed by atoms with Gasteiger partial charge in [-0.15, -0.1) is 0 Å². The Labute approximate surface area is 168 Å². The van der Waals surface area contributed by atoms with Crippen LogP contribution in [0, 0.1) is 0 Å². The quantitative estimate of drug-likeness (QED) is 0.829. The van der Waals surface area contributed by atoms with Gasteiger partial charge in [0, 0.05) is 6.54 Å². The lowest BCUT2D eigenvalue weighted by Crippen LogP contribution is -2.60. The minimum absolute atomic E-state index is 0.148. The first-order valence-corrected chi connectivity index (χ1v) is 9.32. The number of carbonyl (C=O) groups excluding carboxylic acids is 2. The summed E-state index contributed by atoms with van der Waals surface area (Å²) in [5.41, 5.74) is 1.32. The lowest BCUT2D eigenvalue weighted by atomic mass is 9.96. The molecule has 2 amide bonds. The molecule has 1 aliphatic heterocycles. The van der Waals surface area contributed by atoms with E-state index in [0.29, 0.717) is 28.0 Å². The zero-order chi connectivity index (χ0) is 19.8. The van der Waals surface area contributed by atoms with E-state index in [2.05, 4.69) is 5.32 Å². The van der Waals surface area contributed by atoms with Gasteiger partial charge in [-0.1, -0.05) is 41.4 Å². The van der Waals surface area contributed by atoms with E-state index in [1.807, 2.05) is 36.2 Å². The van der Waals surface area contributed by atoms with Gasteiger partial charge < -0.3 is 5.32 Å². The highest BCUT2D eigenvalue weighted by atomic mass is 35.5. The molecule has 0 saturated heterocycles. The van der Waals surface area contributed by atoms with E-state index < -0.39 is 5.54 Å². The summed E-state index contributed by atoms with van der Waals surface area (Å²) in [5, 5.41) is 3.85. The minimum Gasteiger partial charge on any atom is -0.322 e. The van der Waals surface area contributed by atoms with Crippen molar-refractivity contribution in [1.82, 2.24) is 4.90 Å². The molecule has 27 heavy (non-hydrogen) atoms. The van der Waals surface area contributed by atoms with Crippen molar-refractivity contribution < 1.29 is 9.59 Å². The van der Waals surface area contributed by atoms with Gasteiger partial charge in [-0.25, -0.2) is 0 Å². The molecule has 1 N–H and O–H groups in total. The lowest BCUT2D eigenvalue weighted by Gasteiger charge is -2.42. The third kappa shape index (κ3) is 3.95. The number of likely N-dealkylation sites (N-methyl/N-ethyl adjacent to an activating group) is 1. The van der Waals surface area contributed by atoms with E-state index >= 15 is 0 Å². The van der Waals surface area contributed by atoms with Crippen molar-refractivity contribution in [1.29, 1.82) is 0 Å². The van der Waals surface area contributed by atoms with E-state index in [-0.39, 0.29) is 18.4 Å². The maximum absolute atomic E-state index is 13.1. The van der Waals surface area contributed by atoms with Crippen LogP contribution in [0.2, 0.25) is 10.0 Å². The second-order valence-corrected chi connectivity index (χ2v) is 7.99. The van der Waals surface area contributed by atoms with Crippen LogP contribution in [0.3, 0.4) is 0 Å². The number of nitrogens with one attached hydrogen (secondary N) is 1. The molecular formula is C20H21Cl2N3O2. The van der Waals surface area contributed by atoms with Crippen LogP contribution in [0.5, 0.6) is 0 Å². The summed E-state index contributed by atoms with van der Waals surface area (Å²) in [6, 6.07) is 12.7. The van der Waals surface area contributed by atoms with Crippen molar-refractivity contribution in [2.24, 2.45) is 0 Å². The Balaban J connectivity index is 1.79. The molecule has 3 rings (SSSR count). The fourth-order valence-electron chi connectivity index (χ4n) is 3.21. The standard InChI is InChI=1S/C20H21Cl2N3O2/c1-20(2)19(27)23-16-6-4-5-7-17(16)25(20)18(26)12-24(3)11-13-8-9-14(21)15(22)10-13/h4-10H,11-12H2,1-3H3,(H,23,27). The molecule has 1 aliphatic rings. The molecule has 0 aromatic heterocycles. The predicted molar refractivity (Wildman–Crippen MR) is 109 cm³/mol. The SMILES string of the molecule is CN(CC(=O)N1c2ccccc2NC(=O)C1(C)C)Cc1ccc(Cl)c(Cl)c1. The highest BCUT2D eigenvalue weighted by Gasteiger charge is 2.43. The molecule has 0 unspecified atom stereocenters. The molecule has 2 aromatic rings. The number of benzene rings is 2. The number of halogens is 2. The Bertz CT molecular complexity index is 899. The second kappa shape index (κ2) is 7.50. The summed E-state index contributed by atoms with van der Waals surface area (Å²) in [6.07, 6.45) is 0. The zero-order valence-corrected chi connectivity index (χ0v) is 16.9. The highest BCUT2D eigenvalue weighted by Crippen LogP contribution is 2.36. The fourth-order valence-corrected chi connectivity index (χ4v) is 3.53. The van der Waals surface area contributed by atoms with Crippen LogP contribution in [0.15, 0.2) is 42.5 Å². The van der Waals surface area contributed by atoms with Gasteiger partial charge in [0.1, 0.15) is 5.54 Å². The fraction of sp³-hybridized carbons (Fsp3) is 0.300. The Morgan fingerprint density at radius 1 is 1.15 bits per heavy atom. The number of hydrogen-bond donors (Lipinski definition) is 1. The van der Waals surface area contributed by atoms with Gasteiger partial charge in [-0.3, -0.25) is 19.4 Å². The van der Waals surface area contributed by atoms with Crippen molar-refractivity contribution in [2.45, 2.75) is 25.9 Å². The van der Waals surface area contributed by atoms with Crippen LogP contribution in [0.4, 0.5) is 11.4 Å². The number of carbonyl (C=O) groups is 2. The van der Waals surface area contributed by atoms with Gasteiger partial charge in [0.15, 0.2) is 0 Å². The molecule has 0 bridgehead atoms. The summed E-state index contributed by atoms with van der Waals surface area (Å²) in [6.45, 7) is 4.18. The number of anilines is 2. The number of hydrogen-bond acceptors (Lipinski definition) is 3. The van der Waals surface area contributed by atoms with E-state index in [4.69, 9.17) is 23.2 Å². The monoisotopic (exact) mass is 405 g/mol. The molecule has 2 aromatic carbocycles. The van der Waals surface area contributed by atoms with Crippen molar-refractivity contribution in [3.8, 4) is 0 Å². The summed E-state index contributed by atoms with van der Waals surface area (Å²) >= 11 is 12.0. The predicted octanol–water partition coefficient (Wildman–Crippen LogP) is 4.19. The first-order chi connectivity index (χ1) is 12.7. The van der Waals surface area contributed by atoms with Gasteiger partial charge >= 0.3 is 0 Å². The average Bonchev–Trinajstić information content (AvgIpc) is 2.58. The van der Waals surface area contributed by atoms with Crippen LogP contribution in [-0.2, 0) is 16.1 Å². The number of fused-ring (bicyclic) bond motifs is 1. The topological polar surface area (TPSA) is 52.7 Å². The molecule has 1 heterocycles. The first-order valence-electron chi connectivity index (χ1n) is 8.56. The summed E-state index contributed by atoms with van der Waals surface area (Å²) in [4.78, 5) is 29.1. The van der Waals surface area contributed by atoms with Gasteiger partial charge in [0.25, 0.3) is 0 Å². The van der Waals surface area contributed by atoms with Gasteiger partial charge in [0.2, 0.25) is 11.8 Å². The molecule has 0 aliphatic carbocycles. The smallest absolute Gasteiger partial charge is 0.250 e. The maximum atomic E-state index is 13.1. The van der Waals surface area contributed by atoms with Gasteiger partial charge in [-0.2, -0.15) is 0 Å². The molecule has 0 fully saturated rings. The van der Waals surface area contributed by atoms with E-state index in [1.54, 1.807) is 36.9 Å². The maximum Gasteiger partial charge on any atom is 0.250 e. The Morgan fingerprint density at radius 3 is 2.56 bits per heavy atom. The van der Waals surface area contributed by atoms with Gasteiger partial charge in [0.05, 0.1) is 28.0 Å². The van der Waals surface area contributed by atoms with E-state index in [1.165, 1.54) is 0 Å². The second-order valence-electron chi connectivity index (χ2n) is 7.18. The van der Waals surface area contributed by atoms with Crippen LogP contribution in [0.1, 0.15) is 19.4 Å². The molecule has 142 valence electrons. The Morgan fingerprint density at radius 2 is 1.85 bits per heavy atom. The third-order valence-electron chi connectivity index (χ3n) is 4.60. The Kier molecular flexibility index (Phi) is 5.47. The van der Waals surface area contributed by atoms with E-state index in [9.17, 15) is 9.59 Å². The third-order valence-corrected chi connectivity index (χ3v) is 5.34. The first kappa shape index (κ1) is 19.7. The highest BCUT2D eigenvalue weighted by molar-refractivity contribution is 6.42. The van der Waals surface area contributed by atoms with E-state index in [0.717, 1.165) is 5.56 Å². The largest absolute Gasteiger partial charge is 0.322 e. The zero-order valence-electron chi connectivity index (χ0n) is 15.4. The molecule has 5 nitrogen and oxygen atoms in total. The lowest BCUT2D eigenvalue weighted by molar-refractivity contribution is -0.127. The van der Waals surface area contributed by atoms with Crippen molar-refractivity contribution in [3.05, 3.63) is 58.1 Å². The van der Waals surface area contributed by atoms with Crippen LogP contribution >= 0.6 is 23.2 Å². The minimum atomic E-state index is -0.976. The average molecular weight is 406 g/mol. The molecule has 0 spiro atoms. The number of amides is 2. The number of rotatable bonds is 4. The summed E-state index contributed by atoms with van der Waals surface area (Å²) < 4.78 is 0. The summed E-state index contributed by atoms with van der Waals surface area (Å²) in [5.74, 6) is -0.355. The van der Waals surface area contributed by atoms with Crippen molar-refractivity contribution in [2.75, 3.05) is 23.8 Å². The molecule has 0 atom stereocenters. The number of nitrogens with zero attached hydrogens (tertiary/aromatic N) is 2. The normalized spacial score (nSPS) is 15.5. The molecule has 0 saturated carbocycles. The van der Waals surface area contributed by atoms with Crippen molar-refractivity contribution in [3.63, 3.8) is 0 Å². The molecule has 0 radical (unpaired) electrons. The summed E-state index contributed by atoms with van der Waals surface area (Å²) in [7, 11) is 1.85.